The van der Waals surface area contributed by atoms with E-state index >= 15 is 0 Å². The Bertz CT molecular complexity index is 411. The van der Waals surface area contributed by atoms with Crippen molar-refractivity contribution in [1.29, 1.82) is 0 Å². The van der Waals surface area contributed by atoms with Gasteiger partial charge in [0.2, 0.25) is 0 Å². The smallest absolute Gasteiger partial charge is 0.121 e. The normalized spacial score (nSPS) is 18.2. The second kappa shape index (κ2) is 8.05. The van der Waals surface area contributed by atoms with E-state index in [1.54, 1.807) is 0 Å². The molecule has 0 amide bonds. The van der Waals surface area contributed by atoms with Crippen molar-refractivity contribution < 1.29 is 9.53 Å². The van der Waals surface area contributed by atoms with Crippen LogP contribution in [0.4, 0.5) is 0 Å². The van der Waals surface area contributed by atoms with Crippen LogP contribution in [0.15, 0.2) is 24.3 Å². The topological polar surface area (TPSA) is 52.3 Å². The molecule has 1 saturated carbocycles. The number of aldehydes is 1. The number of benzene rings is 1. The van der Waals surface area contributed by atoms with Crippen molar-refractivity contribution in [2.24, 2.45) is 11.7 Å². The lowest BCUT2D eigenvalue weighted by molar-refractivity contribution is -0.108. The Morgan fingerprint density at radius 3 is 2.70 bits per heavy atom. The molecule has 3 nitrogen and oxygen atoms in total. The van der Waals surface area contributed by atoms with Gasteiger partial charge in [0.25, 0.3) is 0 Å². The fraction of sp³-hybridized carbons (Fsp3) is 0.588. The molecule has 0 spiro atoms. The van der Waals surface area contributed by atoms with E-state index in [9.17, 15) is 4.79 Å². The largest absolute Gasteiger partial charge is 0.493 e. The first kappa shape index (κ1) is 15.0. The van der Waals surface area contributed by atoms with Gasteiger partial charge < -0.3 is 15.3 Å². The monoisotopic (exact) mass is 275 g/mol. The standard InChI is InChI=1S/C17H25NO2/c18-17(10-11-19)15-8-5-9-16(12-15)20-13-14-6-3-1-2-4-7-14/h5,8-9,11-12,14,17H,1-4,6-7,10,13,18H2. The van der Waals surface area contributed by atoms with E-state index in [0.29, 0.717) is 12.3 Å². The first-order valence-corrected chi connectivity index (χ1v) is 7.71. The predicted molar refractivity (Wildman–Crippen MR) is 80.7 cm³/mol. The molecule has 0 radical (unpaired) electrons. The minimum Gasteiger partial charge on any atom is -0.493 e. The van der Waals surface area contributed by atoms with Gasteiger partial charge in [-0.25, -0.2) is 0 Å². The highest BCUT2D eigenvalue weighted by molar-refractivity contribution is 5.51. The minimum atomic E-state index is -0.228. The van der Waals surface area contributed by atoms with Gasteiger partial charge >= 0.3 is 0 Å². The molecule has 1 aromatic carbocycles. The first-order valence-electron chi connectivity index (χ1n) is 7.71. The summed E-state index contributed by atoms with van der Waals surface area (Å²) in [4.78, 5) is 10.5. The number of rotatable bonds is 6. The molecular weight excluding hydrogens is 250 g/mol. The molecule has 2 N–H and O–H groups in total. The number of ether oxygens (including phenoxy) is 1. The molecule has 1 aliphatic rings. The zero-order valence-corrected chi connectivity index (χ0v) is 12.1. The summed E-state index contributed by atoms with van der Waals surface area (Å²) in [7, 11) is 0. The van der Waals surface area contributed by atoms with Crippen LogP contribution >= 0.6 is 0 Å². The fourth-order valence-corrected chi connectivity index (χ4v) is 2.82. The molecule has 1 fully saturated rings. The van der Waals surface area contributed by atoms with Crippen molar-refractivity contribution >= 4 is 6.29 Å². The third-order valence-corrected chi connectivity index (χ3v) is 4.10. The number of hydrogen-bond acceptors (Lipinski definition) is 3. The van der Waals surface area contributed by atoms with Crippen molar-refractivity contribution in [2.75, 3.05) is 6.61 Å². The van der Waals surface area contributed by atoms with E-state index in [4.69, 9.17) is 10.5 Å². The van der Waals surface area contributed by atoms with Gasteiger partial charge in [-0.15, -0.1) is 0 Å². The van der Waals surface area contributed by atoms with Crippen LogP contribution in [0.25, 0.3) is 0 Å². The number of hydrogen-bond donors (Lipinski definition) is 1. The predicted octanol–water partition coefficient (Wildman–Crippen LogP) is 3.62. The van der Waals surface area contributed by atoms with Crippen LogP contribution < -0.4 is 10.5 Å². The molecule has 1 aliphatic carbocycles. The van der Waals surface area contributed by atoms with Crippen molar-refractivity contribution in [3.05, 3.63) is 29.8 Å². The third kappa shape index (κ3) is 4.64. The Balaban J connectivity index is 1.88. The van der Waals surface area contributed by atoms with Crippen LogP contribution in [-0.4, -0.2) is 12.9 Å². The molecule has 0 bridgehead atoms. The molecule has 1 aromatic rings. The van der Waals surface area contributed by atoms with Gasteiger partial charge in [-0.1, -0.05) is 37.8 Å². The summed E-state index contributed by atoms with van der Waals surface area (Å²) < 4.78 is 5.93. The lowest BCUT2D eigenvalue weighted by atomic mass is 10.0. The van der Waals surface area contributed by atoms with Crippen molar-refractivity contribution in [3.63, 3.8) is 0 Å². The molecule has 1 atom stereocenters. The molecule has 20 heavy (non-hydrogen) atoms. The molecular formula is C17H25NO2. The number of carbonyl (C=O) groups excluding carboxylic acids is 1. The van der Waals surface area contributed by atoms with Gasteiger partial charge in [0.1, 0.15) is 12.0 Å². The number of carbonyl (C=O) groups is 1. The average Bonchev–Trinajstić information content (AvgIpc) is 2.74. The molecule has 0 saturated heterocycles. The van der Waals surface area contributed by atoms with E-state index in [-0.39, 0.29) is 6.04 Å². The highest BCUT2D eigenvalue weighted by atomic mass is 16.5. The molecule has 0 heterocycles. The van der Waals surface area contributed by atoms with Crippen molar-refractivity contribution in [3.8, 4) is 5.75 Å². The summed E-state index contributed by atoms with van der Waals surface area (Å²) in [5, 5.41) is 0. The maximum absolute atomic E-state index is 10.5. The Morgan fingerprint density at radius 2 is 2.00 bits per heavy atom. The van der Waals surface area contributed by atoms with Gasteiger partial charge in [0.05, 0.1) is 6.61 Å². The van der Waals surface area contributed by atoms with Gasteiger partial charge in [0.15, 0.2) is 0 Å². The zero-order chi connectivity index (χ0) is 14.2. The van der Waals surface area contributed by atoms with Gasteiger partial charge in [0, 0.05) is 12.5 Å². The quantitative estimate of drug-likeness (QED) is 0.637. The molecule has 3 heteroatoms. The Morgan fingerprint density at radius 1 is 1.25 bits per heavy atom. The lowest BCUT2D eigenvalue weighted by Crippen LogP contribution is -2.13. The molecule has 0 aliphatic heterocycles. The highest BCUT2D eigenvalue weighted by Crippen LogP contribution is 2.25. The second-order valence-corrected chi connectivity index (χ2v) is 5.75. The van der Waals surface area contributed by atoms with Gasteiger partial charge in [-0.3, -0.25) is 0 Å². The Labute approximate surface area is 121 Å². The summed E-state index contributed by atoms with van der Waals surface area (Å²) in [6.45, 7) is 0.798. The maximum Gasteiger partial charge on any atom is 0.121 e. The molecule has 2 rings (SSSR count). The van der Waals surface area contributed by atoms with E-state index in [2.05, 4.69) is 0 Å². The zero-order valence-electron chi connectivity index (χ0n) is 12.1. The van der Waals surface area contributed by atoms with Crippen LogP contribution in [0.1, 0.15) is 56.6 Å². The fourth-order valence-electron chi connectivity index (χ4n) is 2.82. The average molecular weight is 275 g/mol. The summed E-state index contributed by atoms with van der Waals surface area (Å²) in [5.74, 6) is 1.55. The van der Waals surface area contributed by atoms with Crippen LogP contribution in [0.5, 0.6) is 5.75 Å². The summed E-state index contributed by atoms with van der Waals surface area (Å²) in [5.41, 5.74) is 6.92. The van der Waals surface area contributed by atoms with E-state index in [1.165, 1.54) is 38.5 Å². The van der Waals surface area contributed by atoms with Crippen LogP contribution in [0, 0.1) is 5.92 Å². The lowest BCUT2D eigenvalue weighted by Gasteiger charge is -2.16. The van der Waals surface area contributed by atoms with Crippen molar-refractivity contribution in [2.45, 2.75) is 51.0 Å². The van der Waals surface area contributed by atoms with Crippen LogP contribution in [-0.2, 0) is 4.79 Å². The summed E-state index contributed by atoms with van der Waals surface area (Å²) in [6, 6.07) is 7.60. The van der Waals surface area contributed by atoms with Crippen molar-refractivity contribution in [1.82, 2.24) is 0 Å². The van der Waals surface area contributed by atoms with E-state index in [1.807, 2.05) is 24.3 Å². The van der Waals surface area contributed by atoms with Crippen LogP contribution in [0.2, 0.25) is 0 Å². The summed E-state index contributed by atoms with van der Waals surface area (Å²) >= 11 is 0. The maximum atomic E-state index is 10.5. The van der Waals surface area contributed by atoms with E-state index in [0.717, 1.165) is 24.2 Å². The summed E-state index contributed by atoms with van der Waals surface area (Å²) in [6.07, 6.45) is 9.18. The Kier molecular flexibility index (Phi) is 6.06. The third-order valence-electron chi connectivity index (χ3n) is 4.10. The number of nitrogens with two attached hydrogens (primary N) is 1. The molecule has 110 valence electrons. The SMILES string of the molecule is NC(CC=O)c1cccc(OCC2CCCCCC2)c1. The minimum absolute atomic E-state index is 0.228. The van der Waals surface area contributed by atoms with Crippen LogP contribution in [0.3, 0.4) is 0 Å². The molecule has 1 unspecified atom stereocenters. The highest BCUT2D eigenvalue weighted by Gasteiger charge is 2.13. The Hall–Kier alpha value is -1.35. The molecule has 0 aromatic heterocycles. The first-order chi connectivity index (χ1) is 9.79. The second-order valence-electron chi connectivity index (χ2n) is 5.75. The van der Waals surface area contributed by atoms with E-state index < -0.39 is 0 Å². The van der Waals surface area contributed by atoms with Gasteiger partial charge in [-0.05, 0) is 36.5 Å². The van der Waals surface area contributed by atoms with Gasteiger partial charge in [-0.2, -0.15) is 0 Å².